The lowest BCUT2D eigenvalue weighted by molar-refractivity contribution is -0.121. The monoisotopic (exact) mass is 364 g/mol. The topological polar surface area (TPSA) is 32.3 Å². The summed E-state index contributed by atoms with van der Waals surface area (Å²) >= 11 is 0. The van der Waals surface area contributed by atoms with Crippen LogP contribution in [0.1, 0.15) is 61.8 Å². The summed E-state index contributed by atoms with van der Waals surface area (Å²) in [6.45, 7) is 6.49. The van der Waals surface area contributed by atoms with E-state index in [2.05, 4.69) is 60.5 Å². The molecule has 1 amide bonds. The van der Waals surface area contributed by atoms with Crippen molar-refractivity contribution in [2.24, 2.45) is 0 Å². The van der Waals surface area contributed by atoms with E-state index in [0.29, 0.717) is 6.42 Å². The summed E-state index contributed by atoms with van der Waals surface area (Å²) in [6.07, 6.45) is 6.28. The molecule has 0 saturated carbocycles. The summed E-state index contributed by atoms with van der Waals surface area (Å²) < 4.78 is 0. The number of amides is 1. The predicted octanol–water partition coefficient (Wildman–Crippen LogP) is 5.19. The fourth-order valence-corrected chi connectivity index (χ4v) is 3.94. The van der Waals surface area contributed by atoms with Gasteiger partial charge in [0.2, 0.25) is 5.91 Å². The average Bonchev–Trinajstić information content (AvgIpc) is 2.70. The Hall–Kier alpha value is -2.29. The van der Waals surface area contributed by atoms with Crippen molar-refractivity contribution in [1.82, 2.24) is 5.32 Å². The molecular weight excluding hydrogens is 332 g/mol. The van der Waals surface area contributed by atoms with Crippen LogP contribution in [-0.2, 0) is 11.2 Å². The fraction of sp³-hybridized carbons (Fsp3) is 0.458. The second-order valence-corrected chi connectivity index (χ2v) is 7.68. The van der Waals surface area contributed by atoms with E-state index in [1.165, 1.54) is 36.1 Å². The summed E-state index contributed by atoms with van der Waals surface area (Å²) in [5, 5.41) is 3.31. The van der Waals surface area contributed by atoms with Gasteiger partial charge >= 0.3 is 0 Å². The van der Waals surface area contributed by atoms with Gasteiger partial charge in [0.15, 0.2) is 0 Å². The number of anilines is 1. The molecular formula is C24H32N2O. The summed E-state index contributed by atoms with van der Waals surface area (Å²) in [5.41, 5.74) is 4.85. The molecule has 0 radical (unpaired) electrons. The molecule has 3 nitrogen and oxygen atoms in total. The normalized spacial score (nSPS) is 15.4. The zero-order valence-corrected chi connectivity index (χ0v) is 16.7. The molecule has 1 atom stereocenters. The van der Waals surface area contributed by atoms with E-state index in [1.807, 2.05) is 12.1 Å². The Kier molecular flexibility index (Phi) is 6.92. The SMILES string of the molecule is CCCC(NC(=O)Cc1ccc(C)cc1)c1ccccc1N1CCCCC1. The van der Waals surface area contributed by atoms with Crippen molar-refractivity contribution in [3.05, 3.63) is 65.2 Å². The number of carbonyl (C=O) groups is 1. The predicted molar refractivity (Wildman–Crippen MR) is 113 cm³/mol. The van der Waals surface area contributed by atoms with Gasteiger partial charge in [0.25, 0.3) is 0 Å². The van der Waals surface area contributed by atoms with Gasteiger partial charge in [-0.2, -0.15) is 0 Å². The zero-order valence-electron chi connectivity index (χ0n) is 16.7. The molecule has 2 aromatic rings. The maximum Gasteiger partial charge on any atom is 0.224 e. The highest BCUT2D eigenvalue weighted by atomic mass is 16.1. The molecule has 1 unspecified atom stereocenters. The number of piperidine rings is 1. The van der Waals surface area contributed by atoms with E-state index in [4.69, 9.17) is 0 Å². The first kappa shape index (κ1) is 19.5. The Bertz CT molecular complexity index is 732. The van der Waals surface area contributed by atoms with Crippen LogP contribution < -0.4 is 10.2 Å². The van der Waals surface area contributed by atoms with E-state index >= 15 is 0 Å². The van der Waals surface area contributed by atoms with Gasteiger partial charge in [0.05, 0.1) is 12.5 Å². The Labute approximate surface area is 163 Å². The molecule has 1 aliphatic heterocycles. The van der Waals surface area contributed by atoms with Crippen molar-refractivity contribution in [2.45, 2.75) is 58.4 Å². The lowest BCUT2D eigenvalue weighted by atomic mass is 9.98. The highest BCUT2D eigenvalue weighted by Gasteiger charge is 2.21. The standard InChI is InChI=1S/C24H32N2O/c1-3-9-22(25-24(27)18-20-14-12-19(2)13-15-20)21-10-5-6-11-23(21)26-16-7-4-8-17-26/h5-6,10-15,22H,3-4,7-9,16-18H2,1-2H3,(H,25,27). The lowest BCUT2D eigenvalue weighted by Crippen LogP contribution is -2.34. The molecule has 0 spiro atoms. The van der Waals surface area contributed by atoms with Gasteiger partial charge in [0.1, 0.15) is 0 Å². The van der Waals surface area contributed by atoms with Gasteiger partial charge in [-0.05, 0) is 49.8 Å². The van der Waals surface area contributed by atoms with Crippen LogP contribution in [0.4, 0.5) is 5.69 Å². The van der Waals surface area contributed by atoms with Gasteiger partial charge < -0.3 is 10.2 Å². The van der Waals surface area contributed by atoms with Crippen molar-refractivity contribution in [2.75, 3.05) is 18.0 Å². The molecule has 1 N–H and O–H groups in total. The molecule has 0 aliphatic carbocycles. The number of carbonyl (C=O) groups excluding carboxylic acids is 1. The Morgan fingerprint density at radius 3 is 2.44 bits per heavy atom. The Balaban J connectivity index is 1.75. The smallest absolute Gasteiger partial charge is 0.224 e. The molecule has 3 heteroatoms. The van der Waals surface area contributed by atoms with Crippen molar-refractivity contribution in [1.29, 1.82) is 0 Å². The van der Waals surface area contributed by atoms with Gasteiger partial charge in [0, 0.05) is 18.8 Å². The molecule has 1 aliphatic rings. The van der Waals surface area contributed by atoms with Crippen LogP contribution in [0, 0.1) is 6.92 Å². The fourth-order valence-electron chi connectivity index (χ4n) is 3.94. The third-order valence-corrected chi connectivity index (χ3v) is 5.41. The van der Waals surface area contributed by atoms with Crippen molar-refractivity contribution < 1.29 is 4.79 Å². The second kappa shape index (κ2) is 9.59. The number of aryl methyl sites for hydroxylation is 1. The van der Waals surface area contributed by atoms with Gasteiger partial charge in [-0.25, -0.2) is 0 Å². The van der Waals surface area contributed by atoms with Crippen molar-refractivity contribution >= 4 is 11.6 Å². The van der Waals surface area contributed by atoms with E-state index in [9.17, 15) is 4.79 Å². The summed E-state index contributed by atoms with van der Waals surface area (Å²) in [7, 11) is 0. The van der Waals surface area contributed by atoms with Crippen molar-refractivity contribution in [3.8, 4) is 0 Å². The van der Waals surface area contributed by atoms with E-state index < -0.39 is 0 Å². The van der Waals surface area contributed by atoms with E-state index in [1.54, 1.807) is 0 Å². The molecule has 2 aromatic carbocycles. The van der Waals surface area contributed by atoms with Crippen LogP contribution in [0.25, 0.3) is 0 Å². The second-order valence-electron chi connectivity index (χ2n) is 7.68. The van der Waals surface area contributed by atoms with E-state index in [0.717, 1.165) is 31.5 Å². The third-order valence-electron chi connectivity index (χ3n) is 5.41. The molecule has 27 heavy (non-hydrogen) atoms. The maximum absolute atomic E-state index is 12.7. The summed E-state index contributed by atoms with van der Waals surface area (Å²) in [5.74, 6) is 0.103. The van der Waals surface area contributed by atoms with Crippen LogP contribution >= 0.6 is 0 Å². The van der Waals surface area contributed by atoms with Gasteiger partial charge in [-0.15, -0.1) is 0 Å². The quantitative estimate of drug-likeness (QED) is 0.734. The highest BCUT2D eigenvalue weighted by molar-refractivity contribution is 5.79. The number of nitrogens with one attached hydrogen (secondary N) is 1. The number of rotatable bonds is 7. The first-order chi connectivity index (χ1) is 13.2. The number of benzene rings is 2. The van der Waals surface area contributed by atoms with Crippen LogP contribution in [0.3, 0.4) is 0 Å². The third kappa shape index (κ3) is 5.35. The molecule has 3 rings (SSSR count). The molecule has 144 valence electrons. The minimum absolute atomic E-state index is 0.0751. The molecule has 1 fully saturated rings. The van der Waals surface area contributed by atoms with Crippen molar-refractivity contribution in [3.63, 3.8) is 0 Å². The number of hydrogen-bond donors (Lipinski definition) is 1. The maximum atomic E-state index is 12.7. The minimum Gasteiger partial charge on any atom is -0.371 e. The molecule has 0 aromatic heterocycles. The average molecular weight is 365 g/mol. The Morgan fingerprint density at radius 1 is 1.04 bits per heavy atom. The number of para-hydroxylation sites is 1. The molecule has 1 heterocycles. The Morgan fingerprint density at radius 2 is 1.74 bits per heavy atom. The highest BCUT2D eigenvalue weighted by Crippen LogP contribution is 2.31. The summed E-state index contributed by atoms with van der Waals surface area (Å²) in [4.78, 5) is 15.2. The first-order valence-electron chi connectivity index (χ1n) is 10.4. The van der Waals surface area contributed by atoms with Gasteiger partial charge in [-0.3, -0.25) is 4.79 Å². The minimum atomic E-state index is 0.0751. The first-order valence-corrected chi connectivity index (χ1v) is 10.4. The zero-order chi connectivity index (χ0) is 19.1. The number of hydrogen-bond acceptors (Lipinski definition) is 2. The summed E-state index contributed by atoms with van der Waals surface area (Å²) in [6, 6.07) is 16.9. The van der Waals surface area contributed by atoms with Crippen LogP contribution in [-0.4, -0.2) is 19.0 Å². The molecule has 0 bridgehead atoms. The lowest BCUT2D eigenvalue weighted by Gasteiger charge is -2.32. The van der Waals surface area contributed by atoms with Crippen LogP contribution in [0.15, 0.2) is 48.5 Å². The molecule has 1 saturated heterocycles. The van der Waals surface area contributed by atoms with Crippen LogP contribution in [0.2, 0.25) is 0 Å². The number of nitrogens with zero attached hydrogens (tertiary/aromatic N) is 1. The van der Waals surface area contributed by atoms with Crippen LogP contribution in [0.5, 0.6) is 0 Å². The van der Waals surface area contributed by atoms with Gasteiger partial charge in [-0.1, -0.05) is 61.4 Å². The largest absolute Gasteiger partial charge is 0.371 e. The van der Waals surface area contributed by atoms with E-state index in [-0.39, 0.29) is 11.9 Å².